The van der Waals surface area contributed by atoms with Crippen molar-refractivity contribution in [3.05, 3.63) is 107 Å². The summed E-state index contributed by atoms with van der Waals surface area (Å²) in [4.78, 5) is 54.3. The molecule has 1 spiro atoms. The fraction of sp³-hybridized carbons (Fsp3) is 0.537. The molecule has 1 saturated carbocycles. The Hall–Kier alpha value is -5.21. The Labute approximate surface area is 393 Å². The number of carbonyl (C=O) groups excluding carboxylic acids is 3. The van der Waals surface area contributed by atoms with E-state index >= 15 is 4.79 Å². The molecular weight excluding hydrogens is 849 g/mol. The highest BCUT2D eigenvalue weighted by Crippen LogP contribution is 2.68. The molecule has 0 unspecified atom stereocenters. The number of para-hydroxylation sites is 1. The third kappa shape index (κ3) is 6.65. The van der Waals surface area contributed by atoms with Crippen molar-refractivity contribution in [2.24, 2.45) is 11.3 Å². The molecule has 2 N–H and O–H groups in total. The van der Waals surface area contributed by atoms with Gasteiger partial charge in [-0.3, -0.25) is 19.4 Å². The Morgan fingerprint density at radius 3 is 2.36 bits per heavy atom. The predicted octanol–water partition coefficient (Wildman–Crippen LogP) is 6.61. The van der Waals surface area contributed by atoms with Gasteiger partial charge >= 0.3 is 17.9 Å². The maximum atomic E-state index is 15.8. The van der Waals surface area contributed by atoms with Gasteiger partial charge in [-0.25, -0.2) is 4.79 Å². The lowest BCUT2D eigenvalue weighted by atomic mass is 9.47. The summed E-state index contributed by atoms with van der Waals surface area (Å²) in [5.41, 5.74) is 0.425. The van der Waals surface area contributed by atoms with Crippen molar-refractivity contribution in [1.82, 2.24) is 14.8 Å². The molecule has 5 aliphatic heterocycles. The molecule has 13 heteroatoms. The number of likely N-dealkylation sites (N-methyl/N-ethyl adjacent to an activating group) is 1. The molecule has 6 heterocycles. The second kappa shape index (κ2) is 16.8. The van der Waals surface area contributed by atoms with Crippen molar-refractivity contribution in [1.29, 1.82) is 0 Å². The van der Waals surface area contributed by atoms with Crippen molar-refractivity contribution >= 4 is 34.5 Å². The topological polar surface area (TPSA) is 146 Å². The average Bonchev–Trinajstić information content (AvgIpc) is 3.74. The predicted molar refractivity (Wildman–Crippen MR) is 254 cm³/mol. The van der Waals surface area contributed by atoms with Gasteiger partial charge in [0.1, 0.15) is 11.2 Å². The van der Waals surface area contributed by atoms with Crippen molar-refractivity contribution < 1.29 is 43.2 Å². The van der Waals surface area contributed by atoms with Crippen LogP contribution in [0.15, 0.2) is 78.9 Å². The van der Waals surface area contributed by atoms with Crippen LogP contribution in [0.2, 0.25) is 0 Å². The van der Waals surface area contributed by atoms with Crippen molar-refractivity contribution in [2.45, 2.75) is 112 Å². The van der Waals surface area contributed by atoms with E-state index in [0.29, 0.717) is 56.7 Å². The van der Waals surface area contributed by atoms with Crippen LogP contribution in [0.3, 0.4) is 0 Å². The number of aryl methyl sites for hydroxylation is 1. The third-order valence-corrected chi connectivity index (χ3v) is 17.1. The number of nitrogens with zero attached hydrogens (tertiary/aromatic N) is 3. The molecule has 10 rings (SSSR count). The summed E-state index contributed by atoms with van der Waals surface area (Å²) < 4.78 is 30.7. The third-order valence-electron chi connectivity index (χ3n) is 17.1. The van der Waals surface area contributed by atoms with E-state index in [9.17, 15) is 14.7 Å². The first-order valence-corrected chi connectivity index (χ1v) is 24.2. The Morgan fingerprint density at radius 2 is 1.67 bits per heavy atom. The molecule has 1 aliphatic carbocycles. The lowest BCUT2D eigenvalue weighted by molar-refractivity contribution is -0.228. The number of esters is 3. The van der Waals surface area contributed by atoms with Crippen molar-refractivity contribution in [2.75, 3.05) is 66.1 Å². The maximum absolute atomic E-state index is 15.8. The number of carbonyl (C=O) groups is 3. The number of hydrogen-bond acceptors (Lipinski definition) is 12. The number of aromatic nitrogens is 1. The number of hydrogen-bond donors (Lipinski definition) is 2. The van der Waals surface area contributed by atoms with Gasteiger partial charge in [-0.2, -0.15) is 0 Å². The molecule has 67 heavy (non-hydrogen) atoms. The Morgan fingerprint density at radius 1 is 0.925 bits per heavy atom. The van der Waals surface area contributed by atoms with E-state index in [2.05, 4.69) is 88.5 Å². The number of benzene rings is 3. The summed E-state index contributed by atoms with van der Waals surface area (Å²) >= 11 is 0. The van der Waals surface area contributed by atoms with Gasteiger partial charge in [0.15, 0.2) is 6.10 Å². The highest BCUT2D eigenvalue weighted by Gasteiger charge is 2.80. The minimum absolute atomic E-state index is 0.0454. The van der Waals surface area contributed by atoms with E-state index in [-0.39, 0.29) is 17.6 Å². The zero-order chi connectivity index (χ0) is 47.1. The highest BCUT2D eigenvalue weighted by molar-refractivity contribution is 5.95. The number of nitrogens with one attached hydrogen (secondary N) is 1. The summed E-state index contributed by atoms with van der Waals surface area (Å²) in [6.07, 6.45) is 7.48. The van der Waals surface area contributed by atoms with Crippen molar-refractivity contribution in [3.8, 4) is 5.75 Å². The smallest absolute Gasteiger partial charge is 0.344 e. The van der Waals surface area contributed by atoms with E-state index in [0.717, 1.165) is 72.3 Å². The highest BCUT2D eigenvalue weighted by atomic mass is 16.6. The molecule has 9 atom stereocenters. The molecule has 6 aliphatic rings. The number of anilines is 1. The molecule has 13 nitrogen and oxygen atoms in total. The van der Waals surface area contributed by atoms with Crippen molar-refractivity contribution in [3.63, 3.8) is 0 Å². The quantitative estimate of drug-likeness (QED) is 0.0724. The van der Waals surface area contributed by atoms with E-state index in [1.165, 1.54) is 26.7 Å². The summed E-state index contributed by atoms with van der Waals surface area (Å²) in [5, 5.41) is 14.6. The first-order valence-electron chi connectivity index (χ1n) is 24.2. The van der Waals surface area contributed by atoms with Gasteiger partial charge in [-0.15, -0.1) is 0 Å². The standard InChI is InChI=1S/C54H66N4O9/c1-8-50(33-66-50)29-36-30-53(48(60)64-6,44-38(37-19-13-14-21-41(37)55-44)20-15-24-57(32-36)31-35-17-11-10-12-18-35)40-27-39-42(28-43(40)63-5)56(4)46-52(39)23-26-58-25-16-22-51(9-2,45(52)58)47(67-34(3)59)54(46,62)49(61)65-7/h10-14,16-19,21-22,27-28,36,45-47,55,62H,8-9,15,20,23-26,29-33H2,1-7H3/t36-,45-,46+,47+,50-,51+,52+,53-,54-/m0/s1. The van der Waals surface area contributed by atoms with Crippen LogP contribution in [0, 0.1) is 11.3 Å². The Bertz CT molecular complexity index is 2610. The fourth-order valence-electron chi connectivity index (χ4n) is 14.4. The number of aromatic amines is 1. The van der Waals surface area contributed by atoms with Crippen LogP contribution in [0.25, 0.3) is 10.9 Å². The van der Waals surface area contributed by atoms with Gasteiger partial charge in [0.25, 0.3) is 0 Å². The van der Waals surface area contributed by atoms with E-state index < -0.39 is 51.9 Å². The molecule has 0 bridgehead atoms. The molecular formula is C54H66N4O9. The van der Waals surface area contributed by atoms with Crippen LogP contribution < -0.4 is 9.64 Å². The number of ether oxygens (including phenoxy) is 5. The lowest BCUT2D eigenvalue weighted by Gasteiger charge is -2.63. The number of aliphatic hydroxyl groups is 1. The largest absolute Gasteiger partial charge is 0.496 e. The maximum Gasteiger partial charge on any atom is 0.344 e. The van der Waals surface area contributed by atoms with E-state index in [1.54, 1.807) is 7.11 Å². The van der Waals surface area contributed by atoms with Gasteiger partial charge < -0.3 is 38.7 Å². The fourth-order valence-corrected chi connectivity index (χ4v) is 14.4. The van der Waals surface area contributed by atoms with Crippen LogP contribution in [0.5, 0.6) is 5.75 Å². The van der Waals surface area contributed by atoms with Gasteiger partial charge in [0.2, 0.25) is 5.60 Å². The number of fused-ring (bicyclic) bond motifs is 4. The molecule has 356 valence electrons. The first kappa shape index (κ1) is 45.6. The van der Waals surface area contributed by atoms with Gasteiger partial charge in [0, 0.05) is 84.4 Å². The first-order chi connectivity index (χ1) is 32.3. The Balaban J connectivity index is 1.25. The zero-order valence-corrected chi connectivity index (χ0v) is 40.1. The number of epoxide rings is 1. The number of rotatable bonds is 11. The summed E-state index contributed by atoms with van der Waals surface area (Å²) in [6, 6.07) is 21.8. The second-order valence-electron chi connectivity index (χ2n) is 20.3. The van der Waals surface area contributed by atoms with Gasteiger partial charge in [-0.1, -0.05) is 74.5 Å². The summed E-state index contributed by atoms with van der Waals surface area (Å²) in [7, 11) is 6.28. The van der Waals surface area contributed by atoms with Crippen LogP contribution in [-0.2, 0) is 57.1 Å². The second-order valence-corrected chi connectivity index (χ2v) is 20.3. The number of H-pyrrole nitrogens is 1. The molecule has 0 radical (unpaired) electrons. The zero-order valence-electron chi connectivity index (χ0n) is 40.1. The van der Waals surface area contributed by atoms with Gasteiger partial charge in [-0.05, 0) is 92.8 Å². The number of methoxy groups -OCH3 is 3. The van der Waals surface area contributed by atoms with Crippen LogP contribution in [0.4, 0.5) is 5.69 Å². The normalized spacial score (nSPS) is 33.3. The summed E-state index contributed by atoms with van der Waals surface area (Å²) in [6.45, 7) is 9.89. The Kier molecular flexibility index (Phi) is 11.4. The van der Waals surface area contributed by atoms with Crippen LogP contribution in [0.1, 0.15) is 87.2 Å². The molecule has 1 aromatic heterocycles. The lowest BCUT2D eigenvalue weighted by Crippen LogP contribution is -2.81. The SMILES string of the molecule is CC[C@]1(C[C@@H]2CN(Cc3ccccc3)CCCc3c([nH]c4ccccc34)[C@@](C(=O)OC)(c3cc4c(cc3OC)N(C)[C@H]3[C@@](O)(C(=O)OC)[C@H](OC(C)=O)[C@]5(CC)C=CCN6CC[C@]43[C@@H]65)C2)CO1. The molecule has 3 aromatic carbocycles. The molecule has 3 fully saturated rings. The minimum Gasteiger partial charge on any atom is -0.496 e. The van der Waals surface area contributed by atoms with Crippen LogP contribution >= 0.6 is 0 Å². The van der Waals surface area contributed by atoms with E-state index in [1.807, 2.05) is 31.0 Å². The van der Waals surface area contributed by atoms with E-state index in [4.69, 9.17) is 23.7 Å². The average molecular weight is 915 g/mol. The monoisotopic (exact) mass is 914 g/mol. The minimum atomic E-state index is -2.31. The summed E-state index contributed by atoms with van der Waals surface area (Å²) in [5.74, 6) is -1.42. The van der Waals surface area contributed by atoms with Gasteiger partial charge in [0.05, 0.1) is 39.6 Å². The molecule has 2 saturated heterocycles. The van der Waals surface area contributed by atoms with Crippen LogP contribution in [-0.4, -0.2) is 128 Å². The molecule has 4 aromatic rings. The molecule has 0 amide bonds.